The van der Waals surface area contributed by atoms with Gasteiger partial charge in [-0.05, 0) is 49.3 Å². The summed E-state index contributed by atoms with van der Waals surface area (Å²) in [4.78, 5) is 68.1. The highest BCUT2D eigenvalue weighted by Crippen LogP contribution is 2.54. The number of nitrogens with zero attached hydrogens (tertiary/aromatic N) is 1. The molecule has 0 bridgehead atoms. The molecule has 0 aromatic heterocycles. The molecule has 2 fully saturated rings. The number of carbonyl (C=O) groups is 5. The summed E-state index contributed by atoms with van der Waals surface area (Å²) in [5.74, 6) is -15.8. The average Bonchev–Trinajstić information content (AvgIpc) is 2.97. The van der Waals surface area contributed by atoms with Crippen LogP contribution in [0.1, 0.15) is 51.0 Å². The zero-order valence-corrected chi connectivity index (χ0v) is 25.3. The molecule has 5 rings (SSSR count). The summed E-state index contributed by atoms with van der Waals surface area (Å²) in [5.41, 5.74) is -2.30. The zero-order chi connectivity index (χ0) is 36.0. The number of aliphatic hydroxyl groups is 2. The Balaban J connectivity index is 1.61. The summed E-state index contributed by atoms with van der Waals surface area (Å²) in [6.45, 7) is 1.48. The first-order chi connectivity index (χ1) is 22.0. The van der Waals surface area contributed by atoms with Gasteiger partial charge in [-0.25, -0.2) is 0 Å². The van der Waals surface area contributed by atoms with Crippen molar-refractivity contribution >= 4 is 41.2 Å². The molecule has 0 heterocycles. The second kappa shape index (κ2) is 11.3. The third-order valence-corrected chi connectivity index (χ3v) is 9.59. The lowest BCUT2D eigenvalue weighted by Crippen LogP contribution is -2.77. The Bertz CT molecular complexity index is 1770. The van der Waals surface area contributed by atoms with Crippen molar-refractivity contribution in [1.29, 1.82) is 0 Å². The van der Waals surface area contributed by atoms with E-state index in [0.29, 0.717) is 12.1 Å². The van der Waals surface area contributed by atoms with E-state index in [9.17, 15) is 65.6 Å². The lowest BCUT2D eigenvalue weighted by atomic mass is 9.49. The highest BCUT2D eigenvalue weighted by atomic mass is 19.4. The van der Waals surface area contributed by atoms with Crippen molar-refractivity contribution in [2.75, 3.05) is 14.1 Å². The van der Waals surface area contributed by atoms with E-state index in [0.717, 1.165) is 12.2 Å². The number of hydrogen-bond acceptors (Lipinski definition) is 9. The standard InChI is InChI=1S/C32H28F6N2O8/c1-11-16-7-6-13(5-4-12-8-14(31(33,34)35)10-15(9-12)32(36,37)38)23(41)18(16)24(42)19-17(11)25(43)21-22(40(2)3)26(44)20(29(39)47)28(46)30(21,48)27(19)45/h4-11,17,19-22,25,41,43,48H,1-3H3,(H2,39,47)/t11-,17+,19?,20?,21+,22-,25-,30-/m1/s1. The van der Waals surface area contributed by atoms with Crippen molar-refractivity contribution in [2.45, 2.75) is 42.9 Å². The van der Waals surface area contributed by atoms with Gasteiger partial charge in [-0.1, -0.05) is 31.2 Å². The largest absolute Gasteiger partial charge is 0.507 e. The van der Waals surface area contributed by atoms with Crippen molar-refractivity contribution in [3.05, 3.63) is 63.7 Å². The molecule has 3 aliphatic rings. The lowest BCUT2D eigenvalue weighted by Gasteiger charge is -2.56. The highest BCUT2D eigenvalue weighted by Gasteiger charge is 2.72. The molecule has 2 unspecified atom stereocenters. The van der Waals surface area contributed by atoms with E-state index in [4.69, 9.17) is 5.73 Å². The third-order valence-electron chi connectivity index (χ3n) is 9.59. The van der Waals surface area contributed by atoms with Crippen molar-refractivity contribution in [3.8, 4) is 5.75 Å². The number of ketones is 4. The van der Waals surface area contributed by atoms with Gasteiger partial charge in [0.2, 0.25) is 5.91 Å². The number of alkyl halides is 6. The van der Waals surface area contributed by atoms with Crippen LogP contribution in [0, 0.1) is 23.7 Å². The maximum atomic E-state index is 14.0. The van der Waals surface area contributed by atoms with Gasteiger partial charge in [0.1, 0.15) is 5.75 Å². The molecule has 8 atom stereocenters. The van der Waals surface area contributed by atoms with Crippen molar-refractivity contribution < 1.29 is 65.6 Å². The number of primary amides is 1. The Kier molecular flexibility index (Phi) is 8.25. The SMILES string of the molecule is C[C@@H]1c2ccc(C=Cc3cc(C(F)(F)F)cc(C(F)(F)F)c3)c(O)c2C(=O)C2C(=O)[C@@]3(O)C(=O)C(C(N)=O)C(=O)[C@H](N(C)C)[C@H]3[C@H](O)[C@H]21. The van der Waals surface area contributed by atoms with Gasteiger partial charge in [-0.3, -0.25) is 28.9 Å². The van der Waals surface area contributed by atoms with Crippen LogP contribution >= 0.6 is 0 Å². The van der Waals surface area contributed by atoms with Crippen LogP contribution in [0.5, 0.6) is 5.75 Å². The molecule has 5 N–H and O–H groups in total. The summed E-state index contributed by atoms with van der Waals surface area (Å²) < 4.78 is 80.0. The van der Waals surface area contributed by atoms with E-state index in [1.54, 1.807) is 0 Å². The number of aromatic hydroxyl groups is 1. The lowest BCUT2D eigenvalue weighted by molar-refractivity contribution is -0.196. The number of nitrogens with two attached hydrogens (primary N) is 1. The van der Waals surface area contributed by atoms with Crippen molar-refractivity contribution in [3.63, 3.8) is 0 Å². The van der Waals surface area contributed by atoms with Gasteiger partial charge in [0, 0.05) is 11.5 Å². The van der Waals surface area contributed by atoms with Crippen LogP contribution in [0.3, 0.4) is 0 Å². The zero-order valence-electron chi connectivity index (χ0n) is 25.3. The van der Waals surface area contributed by atoms with Crippen LogP contribution in [0.2, 0.25) is 0 Å². The quantitative estimate of drug-likeness (QED) is 0.215. The fraction of sp³-hybridized carbons (Fsp3) is 0.406. The van der Waals surface area contributed by atoms with E-state index in [-0.39, 0.29) is 17.2 Å². The van der Waals surface area contributed by atoms with E-state index in [1.807, 2.05) is 0 Å². The van der Waals surface area contributed by atoms with Crippen molar-refractivity contribution in [2.24, 2.45) is 29.4 Å². The first-order valence-corrected chi connectivity index (χ1v) is 14.4. The van der Waals surface area contributed by atoms with Gasteiger partial charge >= 0.3 is 12.4 Å². The molecule has 1 amide bonds. The number of Topliss-reactive ketones (excluding diaryl/α,β-unsaturated/α-hetero) is 4. The monoisotopic (exact) mass is 682 g/mol. The van der Waals surface area contributed by atoms with Gasteiger partial charge in [-0.15, -0.1) is 0 Å². The summed E-state index contributed by atoms with van der Waals surface area (Å²) in [6, 6.07) is 1.81. The Morgan fingerprint density at radius 2 is 1.50 bits per heavy atom. The van der Waals surface area contributed by atoms with Gasteiger partial charge in [0.05, 0.1) is 40.7 Å². The van der Waals surface area contributed by atoms with Crippen LogP contribution in [-0.2, 0) is 31.5 Å². The minimum atomic E-state index is -5.12. The Morgan fingerprint density at radius 3 is 2.00 bits per heavy atom. The first-order valence-electron chi connectivity index (χ1n) is 14.4. The molecule has 256 valence electrons. The van der Waals surface area contributed by atoms with Crippen LogP contribution in [0.4, 0.5) is 26.3 Å². The molecule has 0 spiro atoms. The van der Waals surface area contributed by atoms with Gasteiger partial charge in [0.15, 0.2) is 34.7 Å². The molecule has 0 aliphatic heterocycles. The Hall–Kier alpha value is -4.41. The van der Waals surface area contributed by atoms with E-state index in [1.165, 1.54) is 38.1 Å². The summed E-state index contributed by atoms with van der Waals surface area (Å²) in [7, 11) is 2.70. The molecule has 3 aliphatic carbocycles. The second-order valence-corrected chi connectivity index (χ2v) is 12.5. The minimum Gasteiger partial charge on any atom is -0.507 e. The number of hydrogen-bond donors (Lipinski definition) is 4. The van der Waals surface area contributed by atoms with Crippen molar-refractivity contribution in [1.82, 2.24) is 4.90 Å². The molecule has 0 saturated heterocycles. The molecule has 2 aromatic rings. The Morgan fingerprint density at radius 1 is 0.938 bits per heavy atom. The molecule has 0 radical (unpaired) electrons. The van der Waals surface area contributed by atoms with Crippen LogP contribution in [0.15, 0.2) is 30.3 Å². The Labute approximate surface area is 267 Å². The number of phenols is 1. The van der Waals surface area contributed by atoms with Crippen LogP contribution in [-0.4, -0.2) is 81.1 Å². The number of phenolic OH excluding ortho intramolecular Hbond substituents is 1. The maximum Gasteiger partial charge on any atom is 0.416 e. The van der Waals surface area contributed by atoms with Crippen LogP contribution in [0.25, 0.3) is 12.2 Å². The molecule has 2 aromatic carbocycles. The number of halogens is 6. The molecular weight excluding hydrogens is 654 g/mol. The number of aliphatic hydroxyl groups excluding tert-OH is 1. The summed E-state index contributed by atoms with van der Waals surface area (Å²) >= 11 is 0. The third kappa shape index (κ3) is 5.13. The number of amides is 1. The van der Waals surface area contributed by atoms with Gasteiger partial charge in [0.25, 0.3) is 0 Å². The van der Waals surface area contributed by atoms with Crippen LogP contribution < -0.4 is 5.73 Å². The fourth-order valence-corrected chi connectivity index (χ4v) is 7.40. The number of benzene rings is 2. The first kappa shape index (κ1) is 34.9. The summed E-state index contributed by atoms with van der Waals surface area (Å²) in [5, 5.41) is 34.5. The number of fused-ring (bicyclic) bond motifs is 3. The normalized spacial score (nSPS) is 30.8. The number of likely N-dealkylation sites (N-methyl/N-ethyl adjacent to an activating group) is 1. The topological polar surface area (TPSA) is 175 Å². The highest BCUT2D eigenvalue weighted by molar-refractivity contribution is 6.32. The summed E-state index contributed by atoms with van der Waals surface area (Å²) in [6.07, 6.45) is -10.3. The fourth-order valence-electron chi connectivity index (χ4n) is 7.40. The minimum absolute atomic E-state index is 0.0579. The predicted octanol–water partition coefficient (Wildman–Crippen LogP) is 2.61. The van der Waals surface area contributed by atoms with E-state index in [2.05, 4.69) is 0 Å². The maximum absolute atomic E-state index is 14.0. The predicted molar refractivity (Wildman–Crippen MR) is 153 cm³/mol. The van der Waals surface area contributed by atoms with E-state index >= 15 is 0 Å². The van der Waals surface area contributed by atoms with Gasteiger partial charge < -0.3 is 21.1 Å². The molecule has 2 saturated carbocycles. The average molecular weight is 683 g/mol. The number of carbonyl (C=O) groups excluding carboxylic acids is 5. The number of rotatable bonds is 4. The molecule has 48 heavy (non-hydrogen) atoms. The molecule has 16 heteroatoms. The molecule has 10 nitrogen and oxygen atoms in total. The second-order valence-electron chi connectivity index (χ2n) is 12.5. The van der Waals surface area contributed by atoms with E-state index < -0.39 is 117 Å². The molecular formula is C32H28F6N2O8. The smallest absolute Gasteiger partial charge is 0.416 e. The van der Waals surface area contributed by atoms with Gasteiger partial charge in [-0.2, -0.15) is 26.3 Å².